The average Bonchev–Trinajstić information content (AvgIpc) is 2.74. The van der Waals surface area contributed by atoms with E-state index < -0.39 is 0 Å². The molecule has 0 spiro atoms. The summed E-state index contributed by atoms with van der Waals surface area (Å²) in [5.74, 6) is 0.487. The quantitative estimate of drug-likeness (QED) is 0.854. The Morgan fingerprint density at radius 2 is 1.88 bits per heavy atom. The lowest BCUT2D eigenvalue weighted by molar-refractivity contribution is -0.120. The third-order valence-corrected chi connectivity index (χ3v) is 3.73. The largest absolute Gasteiger partial charge is 0.326 e. The monoisotopic (exact) mass is 257 g/mol. The maximum atomic E-state index is 11.9. The molecule has 1 aliphatic rings. The topological polar surface area (TPSA) is 29.1 Å². The molecule has 2 unspecified atom stereocenters. The van der Waals surface area contributed by atoms with Gasteiger partial charge >= 0.3 is 0 Å². The Hall–Kier alpha value is -0.730. The standard InChI is InChI=1S/C12H13Cl2NO/c1-7-6-12(7,2)11(16)15-10-4-8(13)3-9(14)5-10/h3-5,7H,6H2,1-2H3,(H,15,16). The Bertz CT molecular complexity index is 426. The summed E-state index contributed by atoms with van der Waals surface area (Å²) in [5.41, 5.74) is 0.428. The molecule has 0 aromatic heterocycles. The van der Waals surface area contributed by atoms with Gasteiger partial charge in [0.1, 0.15) is 0 Å². The first-order valence-corrected chi connectivity index (χ1v) is 5.95. The summed E-state index contributed by atoms with van der Waals surface area (Å²) in [6.07, 6.45) is 0.938. The van der Waals surface area contributed by atoms with Crippen LogP contribution in [0.3, 0.4) is 0 Å². The number of carbonyl (C=O) groups excluding carboxylic acids is 1. The lowest BCUT2D eigenvalue weighted by atomic mass is 10.1. The zero-order chi connectivity index (χ0) is 11.9. The van der Waals surface area contributed by atoms with Gasteiger partial charge in [0, 0.05) is 21.1 Å². The molecule has 2 atom stereocenters. The van der Waals surface area contributed by atoms with Crippen molar-refractivity contribution < 1.29 is 4.79 Å². The van der Waals surface area contributed by atoms with Gasteiger partial charge in [-0.25, -0.2) is 0 Å². The smallest absolute Gasteiger partial charge is 0.230 e. The summed E-state index contributed by atoms with van der Waals surface area (Å²) in [7, 11) is 0. The maximum Gasteiger partial charge on any atom is 0.230 e. The van der Waals surface area contributed by atoms with Crippen molar-refractivity contribution >= 4 is 34.8 Å². The van der Waals surface area contributed by atoms with Crippen molar-refractivity contribution in [2.75, 3.05) is 5.32 Å². The van der Waals surface area contributed by atoms with Crippen LogP contribution in [0, 0.1) is 11.3 Å². The molecule has 0 radical (unpaired) electrons. The molecule has 1 N–H and O–H groups in total. The average molecular weight is 258 g/mol. The molecule has 0 heterocycles. The lowest BCUT2D eigenvalue weighted by Crippen LogP contribution is -2.22. The van der Waals surface area contributed by atoms with Crippen LogP contribution in [0.15, 0.2) is 18.2 Å². The normalized spacial score (nSPS) is 27.6. The molecule has 1 saturated carbocycles. The van der Waals surface area contributed by atoms with Gasteiger partial charge in [-0.3, -0.25) is 4.79 Å². The van der Waals surface area contributed by atoms with E-state index in [-0.39, 0.29) is 11.3 Å². The van der Waals surface area contributed by atoms with Crippen molar-refractivity contribution in [3.8, 4) is 0 Å². The third kappa shape index (κ3) is 2.18. The van der Waals surface area contributed by atoms with Crippen molar-refractivity contribution in [2.45, 2.75) is 20.3 Å². The molecule has 86 valence electrons. The summed E-state index contributed by atoms with van der Waals surface area (Å²) in [6, 6.07) is 5.03. The second-order valence-electron chi connectivity index (χ2n) is 4.63. The second-order valence-corrected chi connectivity index (χ2v) is 5.51. The van der Waals surface area contributed by atoms with E-state index in [4.69, 9.17) is 23.2 Å². The number of benzene rings is 1. The van der Waals surface area contributed by atoms with Crippen LogP contribution in [-0.2, 0) is 4.79 Å². The predicted octanol–water partition coefficient (Wildman–Crippen LogP) is 3.98. The highest BCUT2D eigenvalue weighted by Crippen LogP contribution is 2.52. The molecule has 1 fully saturated rings. The molecule has 0 bridgehead atoms. The van der Waals surface area contributed by atoms with Gasteiger partial charge in [-0.1, -0.05) is 37.0 Å². The van der Waals surface area contributed by atoms with Gasteiger partial charge in [-0.05, 0) is 30.5 Å². The fourth-order valence-corrected chi connectivity index (χ4v) is 2.32. The fraction of sp³-hybridized carbons (Fsp3) is 0.417. The number of nitrogens with one attached hydrogen (secondary N) is 1. The number of hydrogen-bond donors (Lipinski definition) is 1. The number of hydrogen-bond acceptors (Lipinski definition) is 1. The van der Waals surface area contributed by atoms with E-state index in [0.717, 1.165) is 6.42 Å². The highest BCUT2D eigenvalue weighted by atomic mass is 35.5. The summed E-state index contributed by atoms with van der Waals surface area (Å²) >= 11 is 11.7. The van der Waals surface area contributed by atoms with E-state index in [0.29, 0.717) is 21.7 Å². The van der Waals surface area contributed by atoms with Crippen molar-refractivity contribution in [3.05, 3.63) is 28.2 Å². The zero-order valence-electron chi connectivity index (χ0n) is 9.18. The van der Waals surface area contributed by atoms with Crippen molar-refractivity contribution in [3.63, 3.8) is 0 Å². The minimum atomic E-state index is -0.227. The van der Waals surface area contributed by atoms with Crippen LogP contribution in [0.1, 0.15) is 20.3 Å². The van der Waals surface area contributed by atoms with E-state index in [2.05, 4.69) is 12.2 Å². The number of amides is 1. The Kier molecular flexibility index (Phi) is 2.89. The Morgan fingerprint density at radius 1 is 1.38 bits per heavy atom. The molecule has 2 rings (SSSR count). The lowest BCUT2D eigenvalue weighted by Gasteiger charge is -2.11. The van der Waals surface area contributed by atoms with Crippen LogP contribution in [0.25, 0.3) is 0 Å². The van der Waals surface area contributed by atoms with Crippen molar-refractivity contribution in [1.82, 2.24) is 0 Å². The van der Waals surface area contributed by atoms with E-state index in [1.165, 1.54) is 0 Å². The molecular formula is C12H13Cl2NO. The molecule has 1 aliphatic carbocycles. The second kappa shape index (κ2) is 3.94. The summed E-state index contributed by atoms with van der Waals surface area (Å²) in [6.45, 7) is 4.05. The molecular weight excluding hydrogens is 245 g/mol. The highest BCUT2D eigenvalue weighted by molar-refractivity contribution is 6.35. The molecule has 4 heteroatoms. The Labute approximate surface area is 105 Å². The van der Waals surface area contributed by atoms with Crippen LogP contribution in [0.2, 0.25) is 10.0 Å². The zero-order valence-corrected chi connectivity index (χ0v) is 10.7. The van der Waals surface area contributed by atoms with Crippen molar-refractivity contribution in [1.29, 1.82) is 0 Å². The van der Waals surface area contributed by atoms with Gasteiger partial charge in [0.05, 0.1) is 0 Å². The van der Waals surface area contributed by atoms with Crippen LogP contribution < -0.4 is 5.32 Å². The van der Waals surface area contributed by atoms with E-state index in [9.17, 15) is 4.79 Å². The van der Waals surface area contributed by atoms with E-state index >= 15 is 0 Å². The minimum Gasteiger partial charge on any atom is -0.326 e. The van der Waals surface area contributed by atoms with Crippen LogP contribution in [0.4, 0.5) is 5.69 Å². The first-order valence-electron chi connectivity index (χ1n) is 5.19. The third-order valence-electron chi connectivity index (χ3n) is 3.30. The maximum absolute atomic E-state index is 11.9. The predicted molar refractivity (Wildman–Crippen MR) is 67.0 cm³/mol. The molecule has 0 aliphatic heterocycles. The van der Waals surface area contributed by atoms with Gasteiger partial charge in [-0.15, -0.1) is 0 Å². The fourth-order valence-electron chi connectivity index (χ4n) is 1.79. The summed E-state index contributed by atoms with van der Waals surface area (Å²) < 4.78 is 0. The molecule has 1 aromatic carbocycles. The molecule has 1 amide bonds. The number of halogens is 2. The SMILES string of the molecule is CC1CC1(C)C(=O)Nc1cc(Cl)cc(Cl)c1. The number of rotatable bonds is 2. The molecule has 2 nitrogen and oxygen atoms in total. The molecule has 0 saturated heterocycles. The number of carbonyl (C=O) groups is 1. The minimum absolute atomic E-state index is 0.0401. The van der Waals surface area contributed by atoms with Gasteiger partial charge in [0.15, 0.2) is 0 Å². The first-order chi connectivity index (χ1) is 7.41. The highest BCUT2D eigenvalue weighted by Gasteiger charge is 2.52. The van der Waals surface area contributed by atoms with Gasteiger partial charge in [0.2, 0.25) is 5.91 Å². The summed E-state index contributed by atoms with van der Waals surface area (Å²) in [4.78, 5) is 11.9. The van der Waals surface area contributed by atoms with Crippen LogP contribution >= 0.6 is 23.2 Å². The van der Waals surface area contributed by atoms with Gasteiger partial charge in [-0.2, -0.15) is 0 Å². The van der Waals surface area contributed by atoms with E-state index in [1.807, 2.05) is 6.92 Å². The van der Waals surface area contributed by atoms with Crippen LogP contribution in [-0.4, -0.2) is 5.91 Å². The molecule has 16 heavy (non-hydrogen) atoms. The number of anilines is 1. The van der Waals surface area contributed by atoms with Crippen molar-refractivity contribution in [2.24, 2.45) is 11.3 Å². The Morgan fingerprint density at radius 3 is 2.31 bits per heavy atom. The van der Waals surface area contributed by atoms with Crippen LogP contribution in [0.5, 0.6) is 0 Å². The molecule has 1 aromatic rings. The van der Waals surface area contributed by atoms with E-state index in [1.54, 1.807) is 18.2 Å². The summed E-state index contributed by atoms with van der Waals surface area (Å²) in [5, 5.41) is 3.90. The van der Waals surface area contributed by atoms with Gasteiger partial charge < -0.3 is 5.32 Å². The Balaban J connectivity index is 2.12. The van der Waals surface area contributed by atoms with Gasteiger partial charge in [0.25, 0.3) is 0 Å². The first kappa shape index (κ1) is 11.7.